The van der Waals surface area contributed by atoms with E-state index in [1.54, 1.807) is 4.31 Å². The Hall–Kier alpha value is -2.42. The monoisotopic (exact) mass is 446 g/mol. The fraction of sp³-hybridized carbons (Fsp3) is 0.435. The molecule has 2 aromatic rings. The maximum absolute atomic E-state index is 12.6. The lowest BCUT2D eigenvalue weighted by Crippen LogP contribution is -2.51. The molecule has 2 aromatic carbocycles. The highest BCUT2D eigenvalue weighted by atomic mass is 32.2. The van der Waals surface area contributed by atoms with E-state index in [-0.39, 0.29) is 12.5 Å². The van der Waals surface area contributed by atoms with E-state index in [2.05, 4.69) is 17.0 Å². The Bertz CT molecular complexity index is 896. The number of sulfonamides is 1. The molecule has 1 aliphatic carbocycles. The van der Waals surface area contributed by atoms with Gasteiger partial charge in [-0.2, -0.15) is 4.31 Å². The Morgan fingerprint density at radius 3 is 2.06 bits per heavy atom. The second-order valence-corrected chi connectivity index (χ2v) is 9.83. The summed E-state index contributed by atoms with van der Waals surface area (Å²) < 4.78 is 32.9. The average Bonchev–Trinajstić information content (AvgIpc) is 3.60. The molecule has 0 amide bonds. The van der Waals surface area contributed by atoms with E-state index in [0.717, 1.165) is 31.7 Å². The van der Waals surface area contributed by atoms with E-state index in [1.165, 1.54) is 5.56 Å². The van der Waals surface area contributed by atoms with Gasteiger partial charge in [-0.15, -0.1) is 0 Å². The summed E-state index contributed by atoms with van der Waals surface area (Å²) in [5.41, 5.74) is 1.20. The van der Waals surface area contributed by atoms with Crippen LogP contribution in [0.1, 0.15) is 24.4 Å². The highest BCUT2D eigenvalue weighted by Crippen LogP contribution is 2.32. The average molecular weight is 447 g/mol. The summed E-state index contributed by atoms with van der Waals surface area (Å²) in [7, 11) is -3.11. The lowest BCUT2D eigenvalue weighted by Gasteiger charge is -2.38. The Balaban J connectivity index is 0.000000858. The Kier molecular flexibility index (Phi) is 8.45. The van der Waals surface area contributed by atoms with Crippen LogP contribution < -0.4 is 4.74 Å². The predicted octanol–water partition coefficient (Wildman–Crippen LogP) is 2.86. The molecule has 31 heavy (non-hydrogen) atoms. The first-order valence-corrected chi connectivity index (χ1v) is 12.2. The van der Waals surface area contributed by atoms with Crippen molar-refractivity contribution in [2.24, 2.45) is 5.92 Å². The minimum atomic E-state index is -3.11. The smallest absolute Gasteiger partial charge is 0.290 e. The molecule has 0 bridgehead atoms. The summed E-state index contributed by atoms with van der Waals surface area (Å²) in [4.78, 5) is 10.7. The summed E-state index contributed by atoms with van der Waals surface area (Å²) >= 11 is 0. The van der Waals surface area contributed by atoms with E-state index in [4.69, 9.17) is 14.6 Å². The molecule has 168 valence electrons. The van der Waals surface area contributed by atoms with E-state index in [9.17, 15) is 8.42 Å². The summed E-state index contributed by atoms with van der Waals surface area (Å²) in [5, 5.41) is 6.89. The minimum Gasteiger partial charge on any atom is -0.492 e. The zero-order valence-electron chi connectivity index (χ0n) is 17.5. The van der Waals surface area contributed by atoms with Crippen molar-refractivity contribution >= 4 is 16.5 Å². The molecule has 0 aromatic heterocycles. The molecule has 8 heteroatoms. The zero-order valence-corrected chi connectivity index (χ0v) is 18.4. The second kappa shape index (κ2) is 11.3. The quantitative estimate of drug-likeness (QED) is 0.628. The molecule has 4 rings (SSSR count). The van der Waals surface area contributed by atoms with Gasteiger partial charge in [0, 0.05) is 26.2 Å². The molecule has 0 radical (unpaired) electrons. The van der Waals surface area contributed by atoms with Gasteiger partial charge in [0.2, 0.25) is 10.0 Å². The summed E-state index contributed by atoms with van der Waals surface area (Å²) in [5.74, 6) is 1.57. The van der Waals surface area contributed by atoms with E-state index >= 15 is 0 Å². The first kappa shape index (κ1) is 23.2. The molecule has 1 atom stereocenters. The normalized spacial score (nSPS) is 18.5. The molecule has 7 nitrogen and oxygen atoms in total. The van der Waals surface area contributed by atoms with Crippen LogP contribution in [0.3, 0.4) is 0 Å². The highest BCUT2D eigenvalue weighted by molar-refractivity contribution is 7.89. The second-order valence-electron chi connectivity index (χ2n) is 7.81. The maximum Gasteiger partial charge on any atom is 0.290 e. The number of benzene rings is 2. The summed E-state index contributed by atoms with van der Waals surface area (Å²) in [6.45, 7) is 2.86. The van der Waals surface area contributed by atoms with Gasteiger partial charge in [0.15, 0.2) is 0 Å². The number of para-hydroxylation sites is 1. The third-order valence-corrected chi connectivity index (χ3v) is 7.63. The van der Waals surface area contributed by atoms with Crippen molar-refractivity contribution < 1.29 is 23.1 Å². The molecular weight excluding hydrogens is 416 g/mol. The van der Waals surface area contributed by atoms with Crippen LogP contribution in [0.25, 0.3) is 0 Å². The first-order valence-electron chi connectivity index (χ1n) is 10.6. The van der Waals surface area contributed by atoms with Crippen molar-refractivity contribution in [2.45, 2.75) is 18.9 Å². The van der Waals surface area contributed by atoms with Gasteiger partial charge in [-0.25, -0.2) is 8.42 Å². The van der Waals surface area contributed by atoms with Gasteiger partial charge in [0.1, 0.15) is 12.4 Å². The van der Waals surface area contributed by atoms with Crippen LogP contribution in [0.4, 0.5) is 0 Å². The number of carboxylic acid groups (broad SMARTS) is 1. The standard InChI is InChI=1S/C22H28N2O3S.CH2O2/c25-28(26,18-19-11-12-19)24-15-13-23(14-16-24)22(20-7-3-1-4-8-20)17-27-21-9-5-2-6-10-21;2-1-3/h1-10,19,22H,11-18H2;1H,(H,2,3). The van der Waals surface area contributed by atoms with Crippen molar-refractivity contribution in [1.29, 1.82) is 0 Å². The molecular formula is C23H30N2O5S. The topological polar surface area (TPSA) is 87.1 Å². The number of hydrogen-bond donors (Lipinski definition) is 1. The third-order valence-electron chi connectivity index (χ3n) is 5.59. The van der Waals surface area contributed by atoms with Crippen LogP contribution in [0.5, 0.6) is 5.75 Å². The largest absolute Gasteiger partial charge is 0.492 e. The molecule has 1 unspecified atom stereocenters. The Labute approximate surface area is 184 Å². The molecule has 1 aliphatic heterocycles. The van der Waals surface area contributed by atoms with Crippen molar-refractivity contribution in [2.75, 3.05) is 38.5 Å². The molecule has 0 spiro atoms. The number of carbonyl (C=O) groups is 1. The van der Waals surface area contributed by atoms with Crippen LogP contribution >= 0.6 is 0 Å². The molecule has 1 N–H and O–H groups in total. The van der Waals surface area contributed by atoms with Gasteiger partial charge in [-0.3, -0.25) is 9.69 Å². The van der Waals surface area contributed by atoms with Crippen LogP contribution in [0.2, 0.25) is 0 Å². The minimum absolute atomic E-state index is 0.106. The Morgan fingerprint density at radius 2 is 1.52 bits per heavy atom. The highest BCUT2D eigenvalue weighted by Gasteiger charge is 2.35. The van der Waals surface area contributed by atoms with E-state index in [1.807, 2.05) is 48.5 Å². The number of rotatable bonds is 8. The fourth-order valence-corrected chi connectivity index (χ4v) is 5.62. The molecule has 2 aliphatic rings. The molecule has 1 saturated heterocycles. The van der Waals surface area contributed by atoms with E-state index in [0.29, 0.717) is 31.4 Å². The molecule has 2 fully saturated rings. The third kappa shape index (κ3) is 7.05. The van der Waals surface area contributed by atoms with Crippen molar-refractivity contribution in [3.05, 3.63) is 66.2 Å². The van der Waals surface area contributed by atoms with Crippen LogP contribution in [-0.4, -0.2) is 67.7 Å². The zero-order chi connectivity index (χ0) is 22.1. The lowest BCUT2D eigenvalue weighted by molar-refractivity contribution is -0.122. The molecule has 1 heterocycles. The van der Waals surface area contributed by atoms with Crippen LogP contribution in [0, 0.1) is 5.92 Å². The number of ether oxygens (including phenoxy) is 1. The SMILES string of the molecule is O=CO.O=S(=O)(CC1CC1)N1CCN(C(COc2ccccc2)c2ccccc2)CC1. The maximum atomic E-state index is 12.6. The van der Waals surface area contributed by atoms with Gasteiger partial charge >= 0.3 is 0 Å². The summed E-state index contributed by atoms with van der Waals surface area (Å²) in [6.07, 6.45) is 2.12. The summed E-state index contributed by atoms with van der Waals surface area (Å²) in [6, 6.07) is 20.3. The predicted molar refractivity (Wildman–Crippen MR) is 119 cm³/mol. The van der Waals surface area contributed by atoms with Gasteiger partial charge in [-0.1, -0.05) is 48.5 Å². The van der Waals surface area contributed by atoms with E-state index < -0.39 is 10.0 Å². The number of nitrogens with zero attached hydrogens (tertiary/aromatic N) is 2. The van der Waals surface area contributed by atoms with Crippen molar-refractivity contribution in [3.8, 4) is 5.75 Å². The lowest BCUT2D eigenvalue weighted by atomic mass is 10.1. The fourth-order valence-electron chi connectivity index (χ4n) is 3.76. The van der Waals surface area contributed by atoms with Crippen molar-refractivity contribution in [3.63, 3.8) is 0 Å². The first-order chi connectivity index (χ1) is 15.0. The van der Waals surface area contributed by atoms with Gasteiger partial charge < -0.3 is 9.84 Å². The van der Waals surface area contributed by atoms with Crippen LogP contribution in [-0.2, 0) is 14.8 Å². The Morgan fingerprint density at radius 1 is 0.968 bits per heavy atom. The van der Waals surface area contributed by atoms with Gasteiger partial charge in [0.25, 0.3) is 6.47 Å². The number of piperazine rings is 1. The molecule has 1 saturated carbocycles. The van der Waals surface area contributed by atoms with Gasteiger partial charge in [0.05, 0.1) is 11.8 Å². The number of hydrogen-bond acceptors (Lipinski definition) is 5. The van der Waals surface area contributed by atoms with Crippen LogP contribution in [0.15, 0.2) is 60.7 Å². The van der Waals surface area contributed by atoms with Gasteiger partial charge in [-0.05, 0) is 36.5 Å². The van der Waals surface area contributed by atoms with Crippen molar-refractivity contribution in [1.82, 2.24) is 9.21 Å².